The molecule has 0 saturated heterocycles. The summed E-state index contributed by atoms with van der Waals surface area (Å²) in [7, 11) is 3.80. The number of halogens is 1. The topological polar surface area (TPSA) is 57.5 Å². The van der Waals surface area contributed by atoms with Crippen molar-refractivity contribution in [2.24, 2.45) is 12.0 Å². The number of hydrogen-bond acceptors (Lipinski definition) is 3. The van der Waals surface area contributed by atoms with E-state index in [0.29, 0.717) is 0 Å². The van der Waals surface area contributed by atoms with Gasteiger partial charge in [-0.1, -0.05) is 60.7 Å². The standard InChI is InChI=1S/C26H36N6.HI/c1-21-25(22(2)31(4)30-21)18-29-26(27-3)28-16-11-17-32(19-23-12-7-5-8-13-23)20-24-14-9-6-10-15-24;/h5-10,12-15H,11,16-20H2,1-4H3,(H2,27,28,29);1H. The monoisotopic (exact) mass is 560 g/mol. The summed E-state index contributed by atoms with van der Waals surface area (Å²) in [6, 6.07) is 21.4. The highest BCUT2D eigenvalue weighted by atomic mass is 127. The number of nitrogens with one attached hydrogen (secondary N) is 2. The molecule has 33 heavy (non-hydrogen) atoms. The van der Waals surface area contributed by atoms with Crippen LogP contribution in [-0.2, 0) is 26.7 Å². The van der Waals surface area contributed by atoms with Crippen molar-refractivity contribution in [3.05, 3.63) is 88.7 Å². The van der Waals surface area contributed by atoms with Crippen molar-refractivity contribution in [2.45, 2.75) is 39.9 Å². The van der Waals surface area contributed by atoms with Crippen LogP contribution in [0, 0.1) is 13.8 Å². The van der Waals surface area contributed by atoms with Crippen LogP contribution in [0.1, 0.15) is 34.5 Å². The number of rotatable bonds is 10. The van der Waals surface area contributed by atoms with Gasteiger partial charge >= 0.3 is 0 Å². The molecule has 0 amide bonds. The molecule has 3 aromatic rings. The van der Waals surface area contributed by atoms with Gasteiger partial charge in [0.1, 0.15) is 0 Å². The molecular formula is C26H37IN6. The summed E-state index contributed by atoms with van der Waals surface area (Å²) in [4.78, 5) is 6.88. The van der Waals surface area contributed by atoms with E-state index in [4.69, 9.17) is 0 Å². The maximum atomic E-state index is 4.49. The molecule has 2 aromatic carbocycles. The van der Waals surface area contributed by atoms with E-state index in [-0.39, 0.29) is 24.0 Å². The van der Waals surface area contributed by atoms with Crippen molar-refractivity contribution < 1.29 is 0 Å². The van der Waals surface area contributed by atoms with E-state index in [2.05, 4.69) is 93.2 Å². The Balaban J connectivity index is 0.00000385. The summed E-state index contributed by atoms with van der Waals surface area (Å²) in [5.74, 6) is 0.824. The Labute approximate surface area is 215 Å². The molecular weight excluding hydrogens is 523 g/mol. The number of aromatic nitrogens is 2. The molecule has 2 N–H and O–H groups in total. The third kappa shape index (κ3) is 8.47. The highest BCUT2D eigenvalue weighted by Gasteiger charge is 2.10. The highest BCUT2D eigenvalue weighted by Crippen LogP contribution is 2.12. The summed E-state index contributed by atoms with van der Waals surface area (Å²) >= 11 is 0. The lowest BCUT2D eigenvalue weighted by atomic mass is 10.1. The zero-order valence-electron chi connectivity index (χ0n) is 20.2. The molecule has 1 aromatic heterocycles. The average Bonchev–Trinajstić information content (AvgIpc) is 3.05. The van der Waals surface area contributed by atoms with Crippen molar-refractivity contribution in [1.82, 2.24) is 25.3 Å². The summed E-state index contributed by atoms with van der Waals surface area (Å²) in [6.45, 7) is 8.64. The fourth-order valence-electron chi connectivity index (χ4n) is 3.87. The summed E-state index contributed by atoms with van der Waals surface area (Å²) < 4.78 is 1.93. The van der Waals surface area contributed by atoms with E-state index >= 15 is 0 Å². The van der Waals surface area contributed by atoms with E-state index in [1.165, 1.54) is 22.4 Å². The molecule has 0 fully saturated rings. The van der Waals surface area contributed by atoms with Crippen LogP contribution >= 0.6 is 24.0 Å². The zero-order chi connectivity index (χ0) is 22.8. The molecule has 0 aliphatic rings. The fourth-order valence-corrected chi connectivity index (χ4v) is 3.87. The SMILES string of the molecule is CN=C(NCCCN(Cc1ccccc1)Cc1ccccc1)NCc1c(C)nn(C)c1C.I. The third-order valence-electron chi connectivity index (χ3n) is 5.76. The smallest absolute Gasteiger partial charge is 0.191 e. The number of benzene rings is 2. The van der Waals surface area contributed by atoms with Gasteiger partial charge in [-0.05, 0) is 31.4 Å². The zero-order valence-corrected chi connectivity index (χ0v) is 22.5. The predicted octanol–water partition coefficient (Wildman–Crippen LogP) is 4.41. The van der Waals surface area contributed by atoms with E-state index in [9.17, 15) is 0 Å². The Morgan fingerprint density at radius 1 is 0.939 bits per heavy atom. The molecule has 0 aliphatic heterocycles. The van der Waals surface area contributed by atoms with Gasteiger partial charge in [0.2, 0.25) is 0 Å². The van der Waals surface area contributed by atoms with Gasteiger partial charge in [-0.3, -0.25) is 14.6 Å². The molecule has 0 unspecified atom stereocenters. The predicted molar refractivity (Wildman–Crippen MR) is 148 cm³/mol. The minimum atomic E-state index is 0. The summed E-state index contributed by atoms with van der Waals surface area (Å²) in [5.41, 5.74) is 6.16. The summed E-state index contributed by atoms with van der Waals surface area (Å²) in [5, 5.41) is 11.4. The maximum absolute atomic E-state index is 4.49. The Bertz CT molecular complexity index is 943. The fraction of sp³-hybridized carbons (Fsp3) is 0.385. The van der Waals surface area contributed by atoms with E-state index in [1.54, 1.807) is 0 Å². The summed E-state index contributed by atoms with van der Waals surface area (Å²) in [6.07, 6.45) is 1.03. The van der Waals surface area contributed by atoms with Gasteiger partial charge in [-0.25, -0.2) is 0 Å². The number of guanidine groups is 1. The molecule has 0 aliphatic carbocycles. The van der Waals surface area contributed by atoms with Crippen molar-refractivity contribution in [3.8, 4) is 0 Å². The average molecular weight is 561 g/mol. The number of nitrogens with zero attached hydrogens (tertiary/aromatic N) is 4. The first-order valence-corrected chi connectivity index (χ1v) is 11.3. The van der Waals surface area contributed by atoms with Crippen LogP contribution in [0.25, 0.3) is 0 Å². The van der Waals surface area contributed by atoms with Crippen LogP contribution in [0.4, 0.5) is 0 Å². The third-order valence-corrected chi connectivity index (χ3v) is 5.76. The van der Waals surface area contributed by atoms with Crippen LogP contribution in [0.15, 0.2) is 65.7 Å². The lowest BCUT2D eigenvalue weighted by molar-refractivity contribution is 0.254. The minimum absolute atomic E-state index is 0. The van der Waals surface area contributed by atoms with Crippen LogP contribution in [0.3, 0.4) is 0 Å². The normalized spacial score (nSPS) is 11.4. The van der Waals surface area contributed by atoms with Gasteiger partial charge in [0.15, 0.2) is 5.96 Å². The molecule has 6 nitrogen and oxygen atoms in total. The molecule has 178 valence electrons. The van der Waals surface area contributed by atoms with Crippen molar-refractivity contribution in [1.29, 1.82) is 0 Å². The van der Waals surface area contributed by atoms with Gasteiger partial charge in [-0.2, -0.15) is 5.10 Å². The second-order valence-corrected chi connectivity index (χ2v) is 8.16. The molecule has 0 atom stereocenters. The van der Waals surface area contributed by atoms with E-state index in [1.807, 2.05) is 25.7 Å². The quantitative estimate of drug-likeness (QED) is 0.167. The molecule has 0 spiro atoms. The molecule has 1 heterocycles. The van der Waals surface area contributed by atoms with Crippen molar-refractivity contribution >= 4 is 29.9 Å². The molecule has 7 heteroatoms. The Morgan fingerprint density at radius 3 is 2.00 bits per heavy atom. The van der Waals surface area contributed by atoms with Crippen molar-refractivity contribution in [3.63, 3.8) is 0 Å². The van der Waals surface area contributed by atoms with Gasteiger partial charge in [-0.15, -0.1) is 24.0 Å². The molecule has 0 saturated carbocycles. The van der Waals surface area contributed by atoms with Crippen LogP contribution in [0.5, 0.6) is 0 Å². The number of aliphatic imine (C=N–C) groups is 1. The Hall–Kier alpha value is -2.39. The first kappa shape index (κ1) is 26.9. The first-order valence-electron chi connectivity index (χ1n) is 11.3. The minimum Gasteiger partial charge on any atom is -0.356 e. The van der Waals surface area contributed by atoms with Gasteiger partial charge < -0.3 is 10.6 Å². The van der Waals surface area contributed by atoms with Crippen LogP contribution in [0.2, 0.25) is 0 Å². The Kier molecular flexibility index (Phi) is 11.4. The van der Waals surface area contributed by atoms with Gasteiger partial charge in [0.25, 0.3) is 0 Å². The van der Waals surface area contributed by atoms with Crippen LogP contribution in [-0.4, -0.2) is 40.8 Å². The maximum Gasteiger partial charge on any atom is 0.191 e. The lowest BCUT2D eigenvalue weighted by Crippen LogP contribution is -2.38. The molecule has 0 radical (unpaired) electrons. The highest BCUT2D eigenvalue weighted by molar-refractivity contribution is 14.0. The molecule has 3 rings (SSSR count). The first-order chi connectivity index (χ1) is 15.6. The Morgan fingerprint density at radius 2 is 1.52 bits per heavy atom. The van der Waals surface area contributed by atoms with Gasteiger partial charge in [0.05, 0.1) is 5.69 Å². The van der Waals surface area contributed by atoms with Crippen LogP contribution < -0.4 is 10.6 Å². The van der Waals surface area contributed by atoms with Gasteiger partial charge in [0, 0.05) is 58.1 Å². The molecule has 0 bridgehead atoms. The second kappa shape index (κ2) is 14.0. The largest absolute Gasteiger partial charge is 0.356 e. The second-order valence-electron chi connectivity index (χ2n) is 8.16. The van der Waals surface area contributed by atoms with E-state index in [0.717, 1.165) is 50.8 Å². The van der Waals surface area contributed by atoms with E-state index < -0.39 is 0 Å². The van der Waals surface area contributed by atoms with Crippen molar-refractivity contribution in [2.75, 3.05) is 20.1 Å². The number of aryl methyl sites for hydroxylation is 2. The number of hydrogen-bond donors (Lipinski definition) is 2. The lowest BCUT2D eigenvalue weighted by Gasteiger charge is -2.23.